The number of allylic oxidation sites excluding steroid dienone is 6. The van der Waals surface area contributed by atoms with E-state index in [1.807, 2.05) is 54.6 Å². The van der Waals surface area contributed by atoms with Gasteiger partial charge in [-0.1, -0.05) is 30.4 Å². The maximum Gasteiger partial charge on any atom is 0.344 e. The number of aromatic nitrogens is 2. The molecule has 0 saturated carbocycles. The lowest BCUT2D eigenvalue weighted by Gasteiger charge is -2.19. The van der Waals surface area contributed by atoms with Crippen LogP contribution in [0.25, 0.3) is 22.3 Å². The highest BCUT2D eigenvalue weighted by Gasteiger charge is 2.30. The second-order valence-corrected chi connectivity index (χ2v) is 6.47. The second kappa shape index (κ2) is 6.30. The average molecular weight is 348 g/mol. The quantitative estimate of drug-likeness (QED) is 0.476. The van der Waals surface area contributed by atoms with Gasteiger partial charge >= 0.3 is 6.85 Å². The van der Waals surface area contributed by atoms with Gasteiger partial charge < -0.3 is 4.48 Å². The maximum absolute atomic E-state index is 13.9. The van der Waals surface area contributed by atoms with Crippen LogP contribution in [-0.2, 0) is 0 Å². The molecule has 2 aromatic heterocycles. The zero-order valence-electron chi connectivity index (χ0n) is 14.4. The molecule has 2 nitrogen and oxygen atoms in total. The summed E-state index contributed by atoms with van der Waals surface area (Å²) in [6.07, 6.45) is 13.7. The molecular weight excluding hydrogens is 334 g/mol. The Hall–Kier alpha value is -3.58. The summed E-state index contributed by atoms with van der Waals surface area (Å²) < 4.78 is 16.1. The predicted octanol–water partition coefficient (Wildman–Crippen LogP) is 5.06. The number of hydrogen-bond acceptors (Lipinski definition) is 1. The Balaban J connectivity index is 1.85. The molecule has 0 spiro atoms. The number of fused-ring (bicyclic) bond motifs is 1. The number of hydrogen-bond donors (Lipinski definition) is 0. The summed E-state index contributed by atoms with van der Waals surface area (Å²) in [4.78, 5) is 4.54. The standard InChI is InChI=1S/C23H14BFN2/c25-20-12-13-22-17(15-20)16-23(21-11-5-6-14-26-21)27(22)24(18-7-1-2-8-18)19-9-3-4-10-19/h1-7,9,11-16H. The lowest BCUT2D eigenvalue weighted by atomic mass is 9.49. The van der Waals surface area contributed by atoms with E-state index < -0.39 is 0 Å². The zero-order chi connectivity index (χ0) is 18.2. The molecule has 2 aliphatic rings. The summed E-state index contributed by atoms with van der Waals surface area (Å²) in [7, 11) is 0. The molecule has 0 aliphatic heterocycles. The van der Waals surface area contributed by atoms with Crippen molar-refractivity contribution in [3.05, 3.63) is 113 Å². The largest absolute Gasteiger partial charge is 0.374 e. The Labute approximate surface area is 156 Å². The molecule has 0 amide bonds. The predicted molar refractivity (Wildman–Crippen MR) is 108 cm³/mol. The number of nitrogens with zero attached hydrogens (tertiary/aromatic N) is 2. The van der Waals surface area contributed by atoms with E-state index in [4.69, 9.17) is 0 Å². The smallest absolute Gasteiger partial charge is 0.344 e. The van der Waals surface area contributed by atoms with Gasteiger partial charge in [0.05, 0.1) is 11.4 Å². The number of pyridine rings is 1. The van der Waals surface area contributed by atoms with E-state index in [-0.39, 0.29) is 12.7 Å². The molecule has 126 valence electrons. The first-order valence-electron chi connectivity index (χ1n) is 8.80. The van der Waals surface area contributed by atoms with Crippen molar-refractivity contribution in [2.75, 3.05) is 0 Å². The average Bonchev–Trinajstić information content (AvgIpc) is 3.45. The molecule has 0 fully saturated rings. The van der Waals surface area contributed by atoms with Crippen molar-refractivity contribution in [1.82, 2.24) is 9.46 Å². The highest BCUT2D eigenvalue weighted by atomic mass is 19.1. The van der Waals surface area contributed by atoms with E-state index in [1.54, 1.807) is 12.3 Å². The van der Waals surface area contributed by atoms with Crippen molar-refractivity contribution in [3.63, 3.8) is 0 Å². The number of benzene rings is 1. The fraction of sp³-hybridized carbons (Fsp3) is 0. The first kappa shape index (κ1) is 15.7. The van der Waals surface area contributed by atoms with Gasteiger partial charge in [-0.2, -0.15) is 0 Å². The second-order valence-electron chi connectivity index (χ2n) is 6.47. The molecule has 2 heterocycles. The van der Waals surface area contributed by atoms with Gasteiger partial charge in [-0.05, 0) is 59.5 Å². The van der Waals surface area contributed by atoms with Crippen LogP contribution in [0.3, 0.4) is 0 Å². The van der Waals surface area contributed by atoms with E-state index in [0.717, 1.165) is 33.2 Å². The normalized spacial score (nSPS) is 14.3. The molecule has 0 N–H and O–H groups in total. The van der Waals surface area contributed by atoms with Crippen LogP contribution in [0, 0.1) is 5.82 Å². The molecular formula is C23H14BFN2. The molecule has 27 heavy (non-hydrogen) atoms. The zero-order valence-corrected chi connectivity index (χ0v) is 14.4. The summed E-state index contributed by atoms with van der Waals surface area (Å²) in [5, 5.41) is 0.846. The molecule has 0 bridgehead atoms. The van der Waals surface area contributed by atoms with Gasteiger partial charge in [-0.15, -0.1) is 11.5 Å². The molecule has 0 unspecified atom stereocenters. The van der Waals surface area contributed by atoms with Gasteiger partial charge in [-0.25, -0.2) is 4.39 Å². The summed E-state index contributed by atoms with van der Waals surface area (Å²) >= 11 is 0. The van der Waals surface area contributed by atoms with E-state index in [9.17, 15) is 4.39 Å². The number of rotatable bonds is 4. The van der Waals surface area contributed by atoms with Crippen molar-refractivity contribution in [2.24, 2.45) is 0 Å². The van der Waals surface area contributed by atoms with Gasteiger partial charge in [-0.3, -0.25) is 4.98 Å². The Morgan fingerprint density at radius 3 is 2.33 bits per heavy atom. The summed E-state index contributed by atoms with van der Waals surface area (Å²) in [5.74, 6) is -0.247. The Kier molecular flexibility index (Phi) is 3.65. The third kappa shape index (κ3) is 2.65. The minimum Gasteiger partial charge on any atom is -0.374 e. The Morgan fingerprint density at radius 1 is 0.926 bits per heavy atom. The van der Waals surface area contributed by atoms with Crippen LogP contribution in [0.15, 0.2) is 108 Å². The molecule has 4 heteroatoms. The van der Waals surface area contributed by atoms with E-state index in [2.05, 4.69) is 33.1 Å². The maximum atomic E-state index is 13.9. The SMILES string of the molecule is Fc1ccc2c(c1)cc(-c1ccccn1)n2B(C1=C=CC=C1)C1=C=CC=C1. The fourth-order valence-corrected chi connectivity index (χ4v) is 3.67. The third-order valence-electron chi connectivity index (χ3n) is 4.82. The van der Waals surface area contributed by atoms with Crippen molar-refractivity contribution >= 4 is 17.8 Å². The van der Waals surface area contributed by atoms with E-state index >= 15 is 0 Å². The summed E-state index contributed by atoms with van der Waals surface area (Å²) in [5.41, 5.74) is 11.5. The molecule has 2 aliphatic carbocycles. The molecule has 3 aromatic rings. The molecule has 1 aromatic carbocycles. The molecule has 5 rings (SSSR count). The topological polar surface area (TPSA) is 17.8 Å². The van der Waals surface area contributed by atoms with Crippen molar-refractivity contribution in [1.29, 1.82) is 0 Å². The van der Waals surface area contributed by atoms with Crippen LogP contribution in [-0.4, -0.2) is 16.3 Å². The van der Waals surface area contributed by atoms with Crippen LogP contribution in [0.5, 0.6) is 0 Å². The summed E-state index contributed by atoms with van der Waals surface area (Å²) in [6.45, 7) is -0.116. The molecule has 0 atom stereocenters. The lowest BCUT2D eigenvalue weighted by molar-refractivity contribution is 0.629. The Morgan fingerprint density at radius 2 is 1.70 bits per heavy atom. The Bertz CT molecular complexity index is 1210. The van der Waals surface area contributed by atoms with E-state index in [0.29, 0.717) is 0 Å². The monoisotopic (exact) mass is 348 g/mol. The lowest BCUT2D eigenvalue weighted by Crippen LogP contribution is -2.29. The highest BCUT2D eigenvalue weighted by Crippen LogP contribution is 2.32. The van der Waals surface area contributed by atoms with Crippen LogP contribution < -0.4 is 0 Å². The van der Waals surface area contributed by atoms with Crippen molar-refractivity contribution in [2.45, 2.75) is 0 Å². The first-order valence-corrected chi connectivity index (χ1v) is 8.80. The van der Waals surface area contributed by atoms with Crippen LogP contribution in [0.2, 0.25) is 0 Å². The van der Waals surface area contributed by atoms with Crippen LogP contribution >= 0.6 is 0 Å². The minimum atomic E-state index is -0.247. The van der Waals surface area contributed by atoms with Crippen molar-refractivity contribution in [3.8, 4) is 11.4 Å². The molecule has 0 saturated heterocycles. The summed E-state index contributed by atoms with van der Waals surface area (Å²) in [6, 6.07) is 12.7. The van der Waals surface area contributed by atoms with Gasteiger partial charge in [0.25, 0.3) is 0 Å². The van der Waals surface area contributed by atoms with Gasteiger partial charge in [0, 0.05) is 17.1 Å². The van der Waals surface area contributed by atoms with Gasteiger partial charge in [0.2, 0.25) is 0 Å². The van der Waals surface area contributed by atoms with Gasteiger partial charge in [0.1, 0.15) is 5.82 Å². The van der Waals surface area contributed by atoms with Crippen molar-refractivity contribution < 1.29 is 4.39 Å². The van der Waals surface area contributed by atoms with E-state index in [1.165, 1.54) is 6.07 Å². The number of halogens is 1. The van der Waals surface area contributed by atoms with Gasteiger partial charge in [0.15, 0.2) is 0 Å². The fourth-order valence-electron chi connectivity index (χ4n) is 3.67. The third-order valence-corrected chi connectivity index (χ3v) is 4.82. The molecule has 0 radical (unpaired) electrons. The highest BCUT2D eigenvalue weighted by molar-refractivity contribution is 6.75. The van der Waals surface area contributed by atoms with Crippen LogP contribution in [0.4, 0.5) is 4.39 Å². The first-order chi connectivity index (χ1) is 13.3. The van der Waals surface area contributed by atoms with Crippen LogP contribution in [0.1, 0.15) is 0 Å². The minimum absolute atomic E-state index is 0.116.